The van der Waals surface area contributed by atoms with Crippen molar-refractivity contribution in [2.24, 2.45) is 0 Å². The van der Waals surface area contributed by atoms with Gasteiger partial charge in [-0.3, -0.25) is 4.79 Å². The molecule has 1 heterocycles. The standard InChI is InChI=1S/C11H16BrNOS/c1-3-5-13(6-4-2)11(14)9-7-10(12)15-8-9/h7-8H,3-6H2,1-2H3. The van der Waals surface area contributed by atoms with Crippen LogP contribution in [-0.2, 0) is 0 Å². The van der Waals surface area contributed by atoms with E-state index in [4.69, 9.17) is 0 Å². The highest BCUT2D eigenvalue weighted by atomic mass is 79.9. The Morgan fingerprint density at radius 2 is 2.00 bits per heavy atom. The maximum atomic E-state index is 12.0. The molecule has 4 heteroatoms. The largest absolute Gasteiger partial charge is 0.339 e. The van der Waals surface area contributed by atoms with Crippen molar-refractivity contribution < 1.29 is 4.79 Å². The van der Waals surface area contributed by atoms with Crippen LogP contribution in [0.5, 0.6) is 0 Å². The van der Waals surface area contributed by atoms with Gasteiger partial charge in [0, 0.05) is 18.5 Å². The minimum atomic E-state index is 0.153. The first kappa shape index (κ1) is 12.7. The van der Waals surface area contributed by atoms with Crippen molar-refractivity contribution in [3.63, 3.8) is 0 Å². The molecule has 0 saturated heterocycles. The molecule has 0 aromatic carbocycles. The van der Waals surface area contributed by atoms with E-state index in [0.717, 1.165) is 35.3 Å². The second kappa shape index (κ2) is 6.28. The lowest BCUT2D eigenvalue weighted by Gasteiger charge is -2.20. The van der Waals surface area contributed by atoms with Crippen LogP contribution >= 0.6 is 27.3 Å². The van der Waals surface area contributed by atoms with E-state index in [1.807, 2.05) is 16.3 Å². The molecule has 0 fully saturated rings. The third kappa shape index (κ3) is 3.61. The van der Waals surface area contributed by atoms with Gasteiger partial charge in [0.15, 0.2) is 0 Å². The number of hydrogen-bond acceptors (Lipinski definition) is 2. The predicted octanol–water partition coefficient (Wildman–Crippen LogP) is 3.77. The highest BCUT2D eigenvalue weighted by Crippen LogP contribution is 2.21. The Labute approximate surface area is 103 Å². The van der Waals surface area contributed by atoms with Gasteiger partial charge < -0.3 is 4.90 Å². The molecule has 1 aromatic heterocycles. The maximum absolute atomic E-state index is 12.0. The Bertz CT molecular complexity index is 318. The summed E-state index contributed by atoms with van der Waals surface area (Å²) in [6, 6.07) is 1.89. The van der Waals surface area contributed by atoms with Crippen molar-refractivity contribution in [2.75, 3.05) is 13.1 Å². The van der Waals surface area contributed by atoms with E-state index in [1.165, 1.54) is 0 Å². The number of carbonyl (C=O) groups excluding carboxylic acids is 1. The number of thiophene rings is 1. The molecule has 0 aliphatic heterocycles. The monoisotopic (exact) mass is 289 g/mol. The average Bonchev–Trinajstić information content (AvgIpc) is 2.63. The quantitative estimate of drug-likeness (QED) is 0.808. The van der Waals surface area contributed by atoms with E-state index < -0.39 is 0 Å². The topological polar surface area (TPSA) is 20.3 Å². The summed E-state index contributed by atoms with van der Waals surface area (Å²) in [5, 5.41) is 1.91. The van der Waals surface area contributed by atoms with Crippen LogP contribution in [0.1, 0.15) is 37.0 Å². The van der Waals surface area contributed by atoms with Gasteiger partial charge in [0.2, 0.25) is 0 Å². The number of carbonyl (C=O) groups is 1. The Hall–Kier alpha value is -0.350. The van der Waals surface area contributed by atoms with Gasteiger partial charge in [-0.15, -0.1) is 11.3 Å². The number of nitrogens with zero attached hydrogens (tertiary/aromatic N) is 1. The lowest BCUT2D eigenvalue weighted by Crippen LogP contribution is -2.32. The molecule has 0 atom stereocenters. The van der Waals surface area contributed by atoms with E-state index in [0.29, 0.717) is 0 Å². The second-order valence-electron chi connectivity index (χ2n) is 3.43. The lowest BCUT2D eigenvalue weighted by atomic mass is 10.2. The Morgan fingerprint density at radius 1 is 1.40 bits per heavy atom. The normalized spacial score (nSPS) is 10.3. The third-order valence-corrected chi connectivity index (χ3v) is 3.59. The van der Waals surface area contributed by atoms with Gasteiger partial charge in [0.05, 0.1) is 9.35 Å². The fraction of sp³-hybridized carbons (Fsp3) is 0.545. The van der Waals surface area contributed by atoms with E-state index in [1.54, 1.807) is 11.3 Å². The summed E-state index contributed by atoms with van der Waals surface area (Å²) in [4.78, 5) is 14.0. The molecule has 0 bridgehead atoms. The second-order valence-corrected chi connectivity index (χ2v) is 5.72. The number of rotatable bonds is 5. The van der Waals surface area contributed by atoms with Gasteiger partial charge in [-0.1, -0.05) is 13.8 Å². The van der Waals surface area contributed by atoms with Gasteiger partial charge in [-0.05, 0) is 34.8 Å². The van der Waals surface area contributed by atoms with Gasteiger partial charge in [0.25, 0.3) is 5.91 Å². The van der Waals surface area contributed by atoms with Crippen molar-refractivity contribution in [3.05, 3.63) is 20.8 Å². The highest BCUT2D eigenvalue weighted by Gasteiger charge is 2.15. The Balaban J connectivity index is 2.71. The van der Waals surface area contributed by atoms with Crippen LogP contribution in [0.3, 0.4) is 0 Å². The minimum absolute atomic E-state index is 0.153. The molecule has 0 unspecified atom stereocenters. The molecule has 1 rings (SSSR count). The fourth-order valence-electron chi connectivity index (χ4n) is 1.46. The summed E-state index contributed by atoms with van der Waals surface area (Å²) in [7, 11) is 0. The van der Waals surface area contributed by atoms with Crippen LogP contribution < -0.4 is 0 Å². The maximum Gasteiger partial charge on any atom is 0.254 e. The van der Waals surface area contributed by atoms with Gasteiger partial charge in [-0.25, -0.2) is 0 Å². The smallest absolute Gasteiger partial charge is 0.254 e. The average molecular weight is 290 g/mol. The molecule has 1 amide bonds. The van der Waals surface area contributed by atoms with Crippen molar-refractivity contribution in [1.29, 1.82) is 0 Å². The SMILES string of the molecule is CCCN(CCC)C(=O)c1csc(Br)c1. The molecule has 0 radical (unpaired) electrons. The first-order valence-electron chi connectivity index (χ1n) is 5.22. The summed E-state index contributed by atoms with van der Waals surface area (Å²) < 4.78 is 1.01. The van der Waals surface area contributed by atoms with Crippen LogP contribution in [0.2, 0.25) is 0 Å². The first-order chi connectivity index (χ1) is 7.19. The minimum Gasteiger partial charge on any atom is -0.339 e. The van der Waals surface area contributed by atoms with Gasteiger partial charge in [0.1, 0.15) is 0 Å². The lowest BCUT2D eigenvalue weighted by molar-refractivity contribution is 0.0756. The zero-order chi connectivity index (χ0) is 11.3. The first-order valence-corrected chi connectivity index (χ1v) is 6.89. The summed E-state index contributed by atoms with van der Waals surface area (Å²) in [5.41, 5.74) is 0.800. The zero-order valence-electron chi connectivity index (χ0n) is 9.12. The molecule has 0 saturated carbocycles. The molecule has 15 heavy (non-hydrogen) atoms. The summed E-state index contributed by atoms with van der Waals surface area (Å²) in [6.07, 6.45) is 2.02. The van der Waals surface area contributed by atoms with Crippen molar-refractivity contribution in [3.8, 4) is 0 Å². The van der Waals surface area contributed by atoms with Crippen molar-refractivity contribution in [2.45, 2.75) is 26.7 Å². The number of amides is 1. The molecule has 0 aliphatic carbocycles. The van der Waals surface area contributed by atoms with Crippen LogP contribution in [0.25, 0.3) is 0 Å². The van der Waals surface area contributed by atoms with E-state index >= 15 is 0 Å². The number of halogens is 1. The van der Waals surface area contributed by atoms with Crippen LogP contribution in [0, 0.1) is 0 Å². The van der Waals surface area contributed by atoms with E-state index in [2.05, 4.69) is 29.8 Å². The van der Waals surface area contributed by atoms with Gasteiger partial charge in [-0.2, -0.15) is 0 Å². The third-order valence-electron chi connectivity index (χ3n) is 2.09. The fourth-order valence-corrected chi connectivity index (χ4v) is 2.59. The molecule has 0 spiro atoms. The summed E-state index contributed by atoms with van der Waals surface area (Å²) >= 11 is 4.93. The van der Waals surface area contributed by atoms with Crippen molar-refractivity contribution >= 4 is 33.2 Å². The molecule has 84 valence electrons. The summed E-state index contributed by atoms with van der Waals surface area (Å²) in [5.74, 6) is 0.153. The molecule has 0 aliphatic rings. The molecule has 0 N–H and O–H groups in total. The van der Waals surface area contributed by atoms with Gasteiger partial charge >= 0.3 is 0 Å². The van der Waals surface area contributed by atoms with Crippen LogP contribution in [0.15, 0.2) is 15.2 Å². The van der Waals surface area contributed by atoms with Crippen molar-refractivity contribution in [1.82, 2.24) is 4.90 Å². The van der Waals surface area contributed by atoms with Crippen LogP contribution in [0.4, 0.5) is 0 Å². The summed E-state index contributed by atoms with van der Waals surface area (Å²) in [6.45, 7) is 5.89. The number of hydrogen-bond donors (Lipinski definition) is 0. The highest BCUT2D eigenvalue weighted by molar-refractivity contribution is 9.11. The Morgan fingerprint density at radius 3 is 2.40 bits per heavy atom. The Kier molecular flexibility index (Phi) is 5.32. The predicted molar refractivity (Wildman–Crippen MR) is 68.5 cm³/mol. The molecule has 2 nitrogen and oxygen atoms in total. The van der Waals surface area contributed by atoms with Crippen LogP contribution in [-0.4, -0.2) is 23.9 Å². The van der Waals surface area contributed by atoms with E-state index in [-0.39, 0.29) is 5.91 Å². The molecule has 1 aromatic rings. The molecular weight excluding hydrogens is 274 g/mol. The zero-order valence-corrected chi connectivity index (χ0v) is 11.5. The molecular formula is C11H16BrNOS. The van der Waals surface area contributed by atoms with E-state index in [9.17, 15) is 4.79 Å².